The van der Waals surface area contributed by atoms with Crippen molar-refractivity contribution in [3.63, 3.8) is 0 Å². The Labute approximate surface area is 164 Å². The summed E-state index contributed by atoms with van der Waals surface area (Å²) in [7, 11) is 0. The molecule has 0 N–H and O–H groups in total. The Morgan fingerprint density at radius 1 is 0.720 bits per heavy atom. The summed E-state index contributed by atoms with van der Waals surface area (Å²) in [4.78, 5) is 15.5. The molecule has 0 aliphatic heterocycles. The topological polar surface area (TPSA) is 34.1 Å². The summed E-state index contributed by atoms with van der Waals surface area (Å²) in [6.07, 6.45) is 0. The van der Waals surface area contributed by atoms with Gasteiger partial charge in [-0.3, -0.25) is 13.6 Å². The number of carbonyl (C=O) groups excluding carboxylic acids is 2. The minimum absolute atomic E-state index is 1.33. The Morgan fingerprint density at radius 2 is 1.04 bits per heavy atom. The van der Waals surface area contributed by atoms with Crippen molar-refractivity contribution in [2.75, 3.05) is 0 Å². The van der Waals surface area contributed by atoms with Crippen LogP contribution in [-0.4, -0.2) is 17.3 Å². The van der Waals surface area contributed by atoms with E-state index in [0.29, 0.717) is 0 Å². The van der Waals surface area contributed by atoms with E-state index in [1.807, 2.05) is 6.92 Å². The van der Waals surface area contributed by atoms with Crippen molar-refractivity contribution in [3.05, 3.63) is 84.9 Å². The van der Waals surface area contributed by atoms with Gasteiger partial charge in [-0.15, -0.1) is 59.3 Å². The first-order valence-electron chi connectivity index (χ1n) is 7.48. The van der Waals surface area contributed by atoms with Crippen LogP contribution in [0.3, 0.4) is 0 Å². The third-order valence-electron chi connectivity index (χ3n) is 3.10. The van der Waals surface area contributed by atoms with Crippen LogP contribution in [0.4, 0.5) is 0 Å². The van der Waals surface area contributed by atoms with Gasteiger partial charge in [0, 0.05) is 0 Å². The van der Waals surface area contributed by atoms with E-state index in [1.54, 1.807) is 0 Å². The molecule has 0 amide bonds. The summed E-state index contributed by atoms with van der Waals surface area (Å²) < 4.78 is 2.09. The van der Waals surface area contributed by atoms with Gasteiger partial charge in [-0.2, -0.15) is 35.0 Å². The molecular weight excluding hydrogens is 387 g/mol. The van der Waals surface area contributed by atoms with Crippen molar-refractivity contribution in [2.45, 2.75) is 6.92 Å². The first-order chi connectivity index (χ1) is 12.3. The van der Waals surface area contributed by atoms with Crippen molar-refractivity contribution in [1.29, 1.82) is 0 Å². The zero-order valence-electron chi connectivity index (χ0n) is 14.1. The summed E-state index contributed by atoms with van der Waals surface area (Å²) in [6, 6.07) is 29.3. The van der Waals surface area contributed by atoms with Crippen LogP contribution in [0.15, 0.2) is 84.9 Å². The number of fused-ring (bicyclic) bond motifs is 2. The van der Waals surface area contributed by atoms with Gasteiger partial charge in [0.05, 0.1) is 0 Å². The van der Waals surface area contributed by atoms with E-state index < -0.39 is 0 Å². The summed E-state index contributed by atoms with van der Waals surface area (Å²) >= 11 is 1.51. The van der Waals surface area contributed by atoms with Crippen LogP contribution < -0.4 is 0 Å². The zero-order chi connectivity index (χ0) is 18.9. The Balaban J connectivity index is 0.000000343. The van der Waals surface area contributed by atoms with E-state index in [4.69, 9.17) is 9.59 Å². The second kappa shape index (κ2) is 15.3. The van der Waals surface area contributed by atoms with Crippen molar-refractivity contribution >= 4 is 38.8 Å². The normalized spacial score (nSPS) is 8.16. The minimum atomic E-state index is 1.33. The molecule has 0 fully saturated rings. The molecule has 0 radical (unpaired) electrons. The monoisotopic (exact) mass is 406 g/mol. The third kappa shape index (κ3) is 8.42. The molecule has 2 nitrogen and oxygen atoms in total. The third-order valence-corrected chi connectivity index (χ3v) is 3.10. The quantitative estimate of drug-likeness (QED) is 0.306. The van der Waals surface area contributed by atoms with E-state index in [2.05, 4.69) is 102 Å². The maximum absolute atomic E-state index is 7.75. The molecular formula is C22H20O2Zr-4. The minimum Gasteiger partial charge on any atom is -0.545 e. The summed E-state index contributed by atoms with van der Waals surface area (Å²) in [5.41, 5.74) is 0. The summed E-state index contributed by atoms with van der Waals surface area (Å²) in [6.45, 7) is 8.54. The molecule has 0 saturated carbocycles. The van der Waals surface area contributed by atoms with Crippen molar-refractivity contribution in [1.82, 2.24) is 0 Å². The van der Waals surface area contributed by atoms with Crippen LogP contribution in [0.2, 0.25) is 0 Å². The number of hydrogen-bond acceptors (Lipinski definition) is 2. The molecule has 0 spiro atoms. The molecule has 3 heteroatoms. The van der Waals surface area contributed by atoms with Gasteiger partial charge in [-0.05, 0) is 0 Å². The SMILES string of the molecule is C[CH]=[Zr].[CH-]=O.[CH-]=O.c1ccc2[cH-]ccc2c1.c1ccc2[cH-]ccc2c1. The van der Waals surface area contributed by atoms with Gasteiger partial charge < -0.3 is 9.59 Å². The molecule has 0 atom stereocenters. The van der Waals surface area contributed by atoms with Gasteiger partial charge in [0.2, 0.25) is 0 Å². The van der Waals surface area contributed by atoms with E-state index in [-0.39, 0.29) is 0 Å². The maximum Gasteiger partial charge on any atom is -0.0809 e. The van der Waals surface area contributed by atoms with E-state index in [1.165, 1.54) is 45.8 Å². The van der Waals surface area contributed by atoms with E-state index in [9.17, 15) is 0 Å². The van der Waals surface area contributed by atoms with Gasteiger partial charge in [-0.1, -0.05) is 12.1 Å². The van der Waals surface area contributed by atoms with Gasteiger partial charge in [0.15, 0.2) is 0 Å². The Hall–Kier alpha value is -2.25. The van der Waals surface area contributed by atoms with Crippen LogP contribution in [0.5, 0.6) is 0 Å². The first kappa shape index (κ1) is 22.8. The van der Waals surface area contributed by atoms with Gasteiger partial charge in [0.25, 0.3) is 0 Å². The average Bonchev–Trinajstić information content (AvgIpc) is 3.35. The largest absolute Gasteiger partial charge is 0.545 e. The fraction of sp³-hybridized carbons (Fsp3) is 0.0455. The van der Waals surface area contributed by atoms with Crippen molar-refractivity contribution in [3.8, 4) is 0 Å². The van der Waals surface area contributed by atoms with Crippen LogP contribution in [0, 0.1) is 0 Å². The molecule has 0 aromatic heterocycles. The molecule has 4 aromatic rings. The van der Waals surface area contributed by atoms with Crippen LogP contribution in [0.1, 0.15) is 6.92 Å². The second-order valence-corrected chi connectivity index (χ2v) is 6.02. The van der Waals surface area contributed by atoms with Gasteiger partial charge in [-0.25, -0.2) is 0 Å². The smallest absolute Gasteiger partial charge is 0.0809 e. The molecule has 0 heterocycles. The van der Waals surface area contributed by atoms with Crippen LogP contribution in [0.25, 0.3) is 21.5 Å². The number of rotatable bonds is 0. The fourth-order valence-electron chi connectivity index (χ4n) is 2.14. The first-order valence-corrected chi connectivity index (χ1v) is 8.90. The Morgan fingerprint density at radius 3 is 1.36 bits per heavy atom. The van der Waals surface area contributed by atoms with Crippen molar-refractivity contribution < 1.29 is 33.8 Å². The standard InChI is InChI=1S/2C9H7.C2H4.2CHO.Zr/c2*1-2-5-9-7-3-6-8(9)4-1;3*1-2;/h2*1-7H;1H,2H3;2*1H;/q2*-1;;2*-1;. The van der Waals surface area contributed by atoms with Crippen LogP contribution >= 0.6 is 0 Å². The molecule has 0 bridgehead atoms. The zero-order valence-corrected chi connectivity index (χ0v) is 16.6. The van der Waals surface area contributed by atoms with Gasteiger partial charge in [0.1, 0.15) is 0 Å². The molecule has 0 unspecified atom stereocenters. The average molecular weight is 408 g/mol. The van der Waals surface area contributed by atoms with E-state index >= 15 is 0 Å². The van der Waals surface area contributed by atoms with Crippen LogP contribution in [-0.2, 0) is 33.8 Å². The maximum atomic E-state index is 7.75. The molecule has 25 heavy (non-hydrogen) atoms. The van der Waals surface area contributed by atoms with E-state index in [0.717, 1.165) is 0 Å². The van der Waals surface area contributed by atoms with Gasteiger partial charge >= 0.3 is 34.9 Å². The molecule has 0 aliphatic rings. The predicted octanol–water partition coefficient (Wildman–Crippen LogP) is 4.92. The Kier molecular flexibility index (Phi) is 13.9. The second-order valence-electron chi connectivity index (χ2n) is 4.60. The molecule has 4 aromatic carbocycles. The molecule has 128 valence electrons. The molecule has 4 rings (SSSR count). The fourth-order valence-corrected chi connectivity index (χ4v) is 2.14. The number of hydrogen-bond donors (Lipinski definition) is 0. The number of benzene rings is 2. The molecule has 0 aliphatic carbocycles. The molecule has 0 saturated heterocycles. The summed E-state index contributed by atoms with van der Waals surface area (Å²) in [5.74, 6) is 0. The van der Waals surface area contributed by atoms with Crippen molar-refractivity contribution in [2.24, 2.45) is 0 Å². The predicted molar refractivity (Wildman–Crippen MR) is 104 cm³/mol. The summed E-state index contributed by atoms with van der Waals surface area (Å²) in [5, 5.41) is 5.32. The Bertz CT molecular complexity index is 701.